The van der Waals surface area contributed by atoms with Crippen molar-refractivity contribution in [2.24, 2.45) is 7.05 Å². The summed E-state index contributed by atoms with van der Waals surface area (Å²) >= 11 is 0. The van der Waals surface area contributed by atoms with Crippen LogP contribution in [0.25, 0.3) is 0 Å². The number of rotatable bonds is 7. The molecule has 0 radical (unpaired) electrons. The summed E-state index contributed by atoms with van der Waals surface area (Å²) in [6.45, 7) is 4.61. The molecule has 3 aromatic rings. The van der Waals surface area contributed by atoms with Crippen LogP contribution < -0.4 is 0 Å². The minimum Gasteiger partial charge on any atom is -0.332 e. The van der Waals surface area contributed by atoms with Crippen LogP contribution in [0.3, 0.4) is 0 Å². The number of fused-ring (bicyclic) bond motifs is 1. The minimum atomic E-state index is -0.348. The zero-order chi connectivity index (χ0) is 22.8. The second-order valence-corrected chi connectivity index (χ2v) is 8.31. The van der Waals surface area contributed by atoms with Crippen molar-refractivity contribution in [2.45, 2.75) is 32.9 Å². The Kier molecular flexibility index (Phi) is 5.90. The minimum absolute atomic E-state index is 0.0457. The number of nitrogens with zero attached hydrogens (tertiary/aromatic N) is 4. The van der Waals surface area contributed by atoms with E-state index >= 15 is 0 Å². The van der Waals surface area contributed by atoms with Gasteiger partial charge in [0.25, 0.3) is 17.7 Å². The Morgan fingerprint density at radius 3 is 2.38 bits per heavy atom. The lowest BCUT2D eigenvalue weighted by molar-refractivity contribution is 0.0654. The number of aromatic nitrogens is 2. The molecule has 3 amide bonds. The fourth-order valence-electron chi connectivity index (χ4n) is 3.92. The van der Waals surface area contributed by atoms with E-state index in [2.05, 4.69) is 5.10 Å². The Morgan fingerprint density at radius 2 is 1.72 bits per heavy atom. The number of amides is 3. The molecule has 32 heavy (non-hydrogen) atoms. The Morgan fingerprint density at radius 1 is 1.00 bits per heavy atom. The smallest absolute Gasteiger partial charge is 0.261 e. The Balaban J connectivity index is 1.53. The van der Waals surface area contributed by atoms with E-state index < -0.39 is 0 Å². The van der Waals surface area contributed by atoms with Crippen molar-refractivity contribution in [3.63, 3.8) is 0 Å². The predicted octanol–water partition coefficient (Wildman–Crippen LogP) is 3.31. The molecule has 0 unspecified atom stereocenters. The molecular weight excluding hydrogens is 404 g/mol. The maximum Gasteiger partial charge on any atom is 0.261 e. The third-order valence-corrected chi connectivity index (χ3v) is 5.68. The molecular formula is C25H26N4O3. The van der Waals surface area contributed by atoms with Gasteiger partial charge in [-0.15, -0.1) is 0 Å². The topological polar surface area (TPSA) is 75.5 Å². The van der Waals surface area contributed by atoms with Gasteiger partial charge >= 0.3 is 0 Å². The SMILES string of the molecule is CC(C)N(Cc1cnn(C)c1)C(=O)c1ccc2c(c1)C(=O)N(CCc1ccccc1)C2=O. The van der Waals surface area contributed by atoms with Gasteiger partial charge in [0.1, 0.15) is 0 Å². The Labute approximate surface area is 187 Å². The highest BCUT2D eigenvalue weighted by Gasteiger charge is 2.36. The highest BCUT2D eigenvalue weighted by molar-refractivity contribution is 6.22. The van der Waals surface area contributed by atoms with Crippen molar-refractivity contribution >= 4 is 17.7 Å². The lowest BCUT2D eigenvalue weighted by Crippen LogP contribution is -2.36. The van der Waals surface area contributed by atoms with E-state index in [-0.39, 0.29) is 23.8 Å². The number of hydrogen-bond donors (Lipinski definition) is 0. The first-order valence-corrected chi connectivity index (χ1v) is 10.7. The summed E-state index contributed by atoms with van der Waals surface area (Å²) in [7, 11) is 1.83. The van der Waals surface area contributed by atoms with E-state index in [0.29, 0.717) is 36.2 Å². The maximum absolute atomic E-state index is 13.3. The lowest BCUT2D eigenvalue weighted by Gasteiger charge is -2.26. The molecule has 2 aromatic carbocycles. The molecule has 4 rings (SSSR count). The van der Waals surface area contributed by atoms with Crippen molar-refractivity contribution in [1.29, 1.82) is 0 Å². The number of aryl methyl sites for hydroxylation is 1. The van der Waals surface area contributed by atoms with E-state index in [1.165, 1.54) is 4.90 Å². The van der Waals surface area contributed by atoms with Crippen molar-refractivity contribution < 1.29 is 14.4 Å². The number of carbonyl (C=O) groups is 3. The fourth-order valence-corrected chi connectivity index (χ4v) is 3.92. The van der Waals surface area contributed by atoms with Gasteiger partial charge in [0.2, 0.25) is 0 Å². The van der Waals surface area contributed by atoms with Crippen molar-refractivity contribution in [3.8, 4) is 0 Å². The summed E-state index contributed by atoms with van der Waals surface area (Å²) in [5.41, 5.74) is 3.02. The molecule has 164 valence electrons. The van der Waals surface area contributed by atoms with Gasteiger partial charge < -0.3 is 4.90 Å². The molecule has 2 heterocycles. The maximum atomic E-state index is 13.3. The Hall–Kier alpha value is -3.74. The van der Waals surface area contributed by atoms with Gasteiger partial charge in [0.15, 0.2) is 0 Å². The molecule has 1 aliphatic heterocycles. The normalized spacial score (nSPS) is 13.1. The molecule has 0 spiro atoms. The molecule has 0 saturated heterocycles. The van der Waals surface area contributed by atoms with Crippen LogP contribution in [0, 0.1) is 0 Å². The largest absolute Gasteiger partial charge is 0.332 e. The van der Waals surface area contributed by atoms with Crippen LogP contribution >= 0.6 is 0 Å². The van der Waals surface area contributed by atoms with Crippen molar-refractivity contribution in [2.75, 3.05) is 6.54 Å². The second-order valence-electron chi connectivity index (χ2n) is 8.31. The van der Waals surface area contributed by atoms with Crippen molar-refractivity contribution in [1.82, 2.24) is 19.6 Å². The molecule has 0 fully saturated rings. The summed E-state index contributed by atoms with van der Waals surface area (Å²) in [5.74, 6) is -0.843. The standard InChI is InChI=1S/C25H26N4O3/c1-17(2)29(16-19-14-26-27(3)15-19)23(30)20-9-10-21-22(13-20)25(32)28(24(21)31)12-11-18-7-5-4-6-8-18/h4-10,13-15,17H,11-12,16H2,1-3H3. The predicted molar refractivity (Wildman–Crippen MR) is 120 cm³/mol. The summed E-state index contributed by atoms with van der Waals surface area (Å²) in [6.07, 6.45) is 4.20. The number of benzene rings is 2. The van der Waals surface area contributed by atoms with Crippen LogP contribution in [0.5, 0.6) is 0 Å². The Bertz CT molecular complexity index is 1170. The first-order chi connectivity index (χ1) is 15.3. The van der Waals surface area contributed by atoms with Gasteiger partial charge in [-0.25, -0.2) is 0 Å². The lowest BCUT2D eigenvalue weighted by atomic mass is 10.0. The van der Waals surface area contributed by atoms with Gasteiger partial charge in [0.05, 0.1) is 17.3 Å². The number of imide groups is 1. The first kappa shape index (κ1) is 21.5. The van der Waals surface area contributed by atoms with Crippen LogP contribution in [0.15, 0.2) is 60.9 Å². The molecule has 1 aromatic heterocycles. The molecule has 1 aliphatic rings. The molecule has 0 bridgehead atoms. The monoisotopic (exact) mass is 430 g/mol. The molecule has 0 atom stereocenters. The average molecular weight is 431 g/mol. The van der Waals surface area contributed by atoms with E-state index in [0.717, 1.165) is 11.1 Å². The third-order valence-electron chi connectivity index (χ3n) is 5.68. The summed E-state index contributed by atoms with van der Waals surface area (Å²) in [6, 6.07) is 14.5. The van der Waals surface area contributed by atoms with Crippen LogP contribution in [-0.2, 0) is 20.0 Å². The molecule has 0 aliphatic carbocycles. The highest BCUT2D eigenvalue weighted by atomic mass is 16.2. The van der Waals surface area contributed by atoms with E-state index in [1.54, 1.807) is 34.0 Å². The van der Waals surface area contributed by atoms with Gasteiger partial charge in [0, 0.05) is 43.5 Å². The number of hydrogen-bond acceptors (Lipinski definition) is 4. The first-order valence-electron chi connectivity index (χ1n) is 10.7. The second kappa shape index (κ2) is 8.78. The summed E-state index contributed by atoms with van der Waals surface area (Å²) < 4.78 is 1.70. The van der Waals surface area contributed by atoms with Crippen LogP contribution in [0.1, 0.15) is 56.0 Å². The molecule has 7 nitrogen and oxygen atoms in total. The van der Waals surface area contributed by atoms with Gasteiger partial charge in [-0.2, -0.15) is 5.10 Å². The van der Waals surface area contributed by atoms with Crippen LogP contribution in [-0.4, -0.2) is 49.9 Å². The van der Waals surface area contributed by atoms with Crippen LogP contribution in [0.4, 0.5) is 0 Å². The summed E-state index contributed by atoms with van der Waals surface area (Å²) in [4.78, 5) is 42.0. The van der Waals surface area contributed by atoms with Crippen molar-refractivity contribution in [3.05, 3.63) is 88.7 Å². The highest BCUT2D eigenvalue weighted by Crippen LogP contribution is 2.25. The molecule has 0 N–H and O–H groups in total. The average Bonchev–Trinajstić information content (AvgIpc) is 3.31. The number of carbonyl (C=O) groups excluding carboxylic acids is 3. The van der Waals surface area contributed by atoms with Gasteiger partial charge in [-0.05, 0) is 44.0 Å². The molecule has 0 saturated carbocycles. The van der Waals surface area contributed by atoms with Gasteiger partial charge in [-0.3, -0.25) is 24.0 Å². The summed E-state index contributed by atoms with van der Waals surface area (Å²) in [5, 5.41) is 4.17. The van der Waals surface area contributed by atoms with E-state index in [9.17, 15) is 14.4 Å². The van der Waals surface area contributed by atoms with E-state index in [4.69, 9.17) is 0 Å². The molecule has 7 heteroatoms. The quantitative estimate of drug-likeness (QED) is 0.539. The van der Waals surface area contributed by atoms with Crippen LogP contribution in [0.2, 0.25) is 0 Å². The third kappa shape index (κ3) is 4.19. The van der Waals surface area contributed by atoms with Gasteiger partial charge in [-0.1, -0.05) is 30.3 Å². The zero-order valence-corrected chi connectivity index (χ0v) is 18.5. The zero-order valence-electron chi connectivity index (χ0n) is 18.5. The fraction of sp³-hybridized carbons (Fsp3) is 0.280. The van der Waals surface area contributed by atoms with E-state index in [1.807, 2.05) is 57.4 Å².